The summed E-state index contributed by atoms with van der Waals surface area (Å²) in [5.41, 5.74) is 1.64. The average Bonchev–Trinajstić information content (AvgIpc) is 2.78. The Balaban J connectivity index is 1.91. The summed E-state index contributed by atoms with van der Waals surface area (Å²) < 4.78 is 10.8. The summed E-state index contributed by atoms with van der Waals surface area (Å²) in [6.45, 7) is 8.68. The molecule has 0 spiro atoms. The van der Waals surface area contributed by atoms with Crippen LogP contribution in [0.1, 0.15) is 41.5 Å². The van der Waals surface area contributed by atoms with Gasteiger partial charge in [0, 0.05) is 36.5 Å². The fraction of sp³-hybridized carbons (Fsp3) is 0.348. The van der Waals surface area contributed by atoms with Crippen LogP contribution >= 0.6 is 12.2 Å². The minimum absolute atomic E-state index is 0.0489. The van der Waals surface area contributed by atoms with Gasteiger partial charge in [0.25, 0.3) is 11.8 Å². The molecule has 0 bridgehead atoms. The summed E-state index contributed by atoms with van der Waals surface area (Å²) in [5, 5.41) is 5.74. The first-order chi connectivity index (χ1) is 15.0. The van der Waals surface area contributed by atoms with Gasteiger partial charge in [0.05, 0.1) is 6.61 Å². The molecule has 0 aromatic heterocycles. The molecule has 2 amide bonds. The second-order valence-electron chi connectivity index (χ2n) is 6.54. The largest absolute Gasteiger partial charge is 0.491 e. The van der Waals surface area contributed by atoms with Crippen molar-refractivity contribution < 1.29 is 19.1 Å². The van der Waals surface area contributed by atoms with Crippen molar-refractivity contribution >= 4 is 34.8 Å². The number of hydrogen-bond donors (Lipinski definition) is 2. The highest BCUT2D eigenvalue weighted by Crippen LogP contribution is 2.14. The van der Waals surface area contributed by atoms with Crippen molar-refractivity contribution in [1.29, 1.82) is 0 Å². The summed E-state index contributed by atoms with van der Waals surface area (Å²) in [4.78, 5) is 26.7. The van der Waals surface area contributed by atoms with Gasteiger partial charge in [-0.1, -0.05) is 6.07 Å². The summed E-state index contributed by atoms with van der Waals surface area (Å²) in [6, 6.07) is 13.8. The minimum Gasteiger partial charge on any atom is -0.491 e. The van der Waals surface area contributed by atoms with Gasteiger partial charge in [-0.2, -0.15) is 0 Å². The molecule has 0 fully saturated rings. The van der Waals surface area contributed by atoms with E-state index in [0.29, 0.717) is 55.5 Å². The lowest BCUT2D eigenvalue weighted by Crippen LogP contribution is -2.34. The van der Waals surface area contributed by atoms with E-state index in [0.717, 1.165) is 0 Å². The highest BCUT2D eigenvalue weighted by Gasteiger charge is 2.13. The Kier molecular flexibility index (Phi) is 9.93. The van der Waals surface area contributed by atoms with Gasteiger partial charge in [-0.05, 0) is 75.5 Å². The lowest BCUT2D eigenvalue weighted by Gasteiger charge is -2.19. The van der Waals surface area contributed by atoms with E-state index in [1.165, 1.54) is 0 Å². The molecule has 0 unspecified atom stereocenters. The van der Waals surface area contributed by atoms with Gasteiger partial charge >= 0.3 is 0 Å². The molecular weight excluding hydrogens is 414 g/mol. The first-order valence-corrected chi connectivity index (χ1v) is 10.7. The predicted octanol–water partition coefficient (Wildman–Crippen LogP) is 3.71. The summed E-state index contributed by atoms with van der Waals surface area (Å²) in [5.74, 6) is 0.271. The summed E-state index contributed by atoms with van der Waals surface area (Å²) in [6.07, 6.45) is 0. The zero-order valence-corrected chi connectivity index (χ0v) is 19.0. The van der Waals surface area contributed by atoms with Crippen molar-refractivity contribution in [2.75, 3.05) is 38.2 Å². The van der Waals surface area contributed by atoms with E-state index in [-0.39, 0.29) is 16.9 Å². The van der Waals surface area contributed by atoms with Crippen LogP contribution < -0.4 is 15.4 Å². The minimum atomic E-state index is -0.339. The van der Waals surface area contributed by atoms with E-state index < -0.39 is 0 Å². The molecule has 0 saturated heterocycles. The maximum Gasteiger partial charge on any atom is 0.257 e. The van der Waals surface area contributed by atoms with Crippen molar-refractivity contribution in [1.82, 2.24) is 10.2 Å². The monoisotopic (exact) mass is 443 g/mol. The third-order valence-corrected chi connectivity index (χ3v) is 4.67. The molecule has 7 nitrogen and oxygen atoms in total. The van der Waals surface area contributed by atoms with E-state index in [1.807, 2.05) is 20.8 Å². The smallest absolute Gasteiger partial charge is 0.257 e. The van der Waals surface area contributed by atoms with Crippen molar-refractivity contribution in [3.05, 3.63) is 59.7 Å². The molecule has 0 radical (unpaired) electrons. The normalized spacial score (nSPS) is 10.3. The number of nitrogens with one attached hydrogen (secondary N) is 2. The summed E-state index contributed by atoms with van der Waals surface area (Å²) >= 11 is 5.25. The number of ether oxygens (including phenoxy) is 2. The molecule has 0 aliphatic heterocycles. The summed E-state index contributed by atoms with van der Waals surface area (Å²) in [7, 11) is 0. The van der Waals surface area contributed by atoms with Gasteiger partial charge in [-0.3, -0.25) is 14.9 Å². The molecule has 0 heterocycles. The van der Waals surface area contributed by atoms with E-state index in [2.05, 4.69) is 10.6 Å². The van der Waals surface area contributed by atoms with Gasteiger partial charge in [0.2, 0.25) is 0 Å². The first kappa shape index (κ1) is 24.3. The van der Waals surface area contributed by atoms with Gasteiger partial charge in [0.15, 0.2) is 5.11 Å². The van der Waals surface area contributed by atoms with E-state index >= 15 is 0 Å². The number of anilines is 1. The van der Waals surface area contributed by atoms with Gasteiger partial charge < -0.3 is 19.7 Å². The second kappa shape index (κ2) is 12.7. The highest BCUT2D eigenvalue weighted by molar-refractivity contribution is 7.80. The lowest BCUT2D eigenvalue weighted by atomic mass is 10.1. The second-order valence-corrected chi connectivity index (χ2v) is 6.94. The Labute approximate surface area is 188 Å². The Hall–Kier alpha value is -2.97. The molecule has 0 aliphatic carbocycles. The molecule has 2 aromatic carbocycles. The third-order valence-electron chi connectivity index (χ3n) is 4.46. The maximum atomic E-state index is 12.5. The molecule has 2 aromatic rings. The fourth-order valence-electron chi connectivity index (χ4n) is 2.83. The van der Waals surface area contributed by atoms with Gasteiger partial charge in [0.1, 0.15) is 12.4 Å². The Morgan fingerprint density at radius 2 is 1.68 bits per heavy atom. The maximum absolute atomic E-state index is 12.5. The average molecular weight is 444 g/mol. The molecule has 166 valence electrons. The Bertz CT molecular complexity index is 883. The van der Waals surface area contributed by atoms with Crippen LogP contribution in [-0.2, 0) is 4.74 Å². The van der Waals surface area contributed by atoms with Crippen molar-refractivity contribution in [3.63, 3.8) is 0 Å². The molecule has 0 saturated carbocycles. The van der Waals surface area contributed by atoms with Crippen molar-refractivity contribution in [2.45, 2.75) is 20.8 Å². The van der Waals surface area contributed by atoms with Crippen molar-refractivity contribution in [3.8, 4) is 5.75 Å². The topological polar surface area (TPSA) is 79.9 Å². The Morgan fingerprint density at radius 1 is 0.968 bits per heavy atom. The Morgan fingerprint density at radius 3 is 2.32 bits per heavy atom. The molecular formula is C23H29N3O4S. The first-order valence-electron chi connectivity index (χ1n) is 10.3. The molecule has 2 N–H and O–H groups in total. The number of amides is 2. The molecule has 8 heteroatoms. The fourth-order valence-corrected chi connectivity index (χ4v) is 3.04. The van der Waals surface area contributed by atoms with Gasteiger partial charge in [-0.15, -0.1) is 0 Å². The SMILES string of the molecule is CCOCCOc1ccc(C(=O)NC(=S)Nc2cccc(C(=O)N(CC)CC)c2)cc1. The molecule has 0 aliphatic rings. The predicted molar refractivity (Wildman–Crippen MR) is 126 cm³/mol. The lowest BCUT2D eigenvalue weighted by molar-refractivity contribution is 0.0772. The van der Waals surface area contributed by atoms with Crippen LogP contribution in [0.3, 0.4) is 0 Å². The standard InChI is InChI=1S/C23H29N3O4S/c1-4-26(5-2)22(28)18-8-7-9-19(16-18)24-23(31)25-21(27)17-10-12-20(13-11-17)30-15-14-29-6-3/h7-13,16H,4-6,14-15H2,1-3H3,(H2,24,25,27,31). The van der Waals surface area contributed by atoms with Crippen LogP contribution in [0.25, 0.3) is 0 Å². The number of hydrogen-bond acceptors (Lipinski definition) is 5. The number of thiocarbonyl (C=S) groups is 1. The number of benzene rings is 2. The van der Waals surface area contributed by atoms with Crippen LogP contribution in [0.5, 0.6) is 5.75 Å². The molecule has 2 rings (SSSR count). The zero-order valence-electron chi connectivity index (χ0n) is 18.1. The molecule has 31 heavy (non-hydrogen) atoms. The number of carbonyl (C=O) groups excluding carboxylic acids is 2. The van der Waals surface area contributed by atoms with Crippen LogP contribution in [0, 0.1) is 0 Å². The number of carbonyl (C=O) groups is 2. The quantitative estimate of drug-likeness (QED) is 0.430. The zero-order chi connectivity index (χ0) is 22.6. The highest BCUT2D eigenvalue weighted by atomic mass is 32.1. The van der Waals surface area contributed by atoms with Crippen LogP contribution in [0.15, 0.2) is 48.5 Å². The molecule has 0 atom stereocenters. The number of rotatable bonds is 10. The third kappa shape index (κ3) is 7.66. The van der Waals surface area contributed by atoms with Gasteiger partial charge in [-0.25, -0.2) is 0 Å². The number of nitrogens with zero attached hydrogens (tertiary/aromatic N) is 1. The van der Waals surface area contributed by atoms with E-state index in [1.54, 1.807) is 53.4 Å². The van der Waals surface area contributed by atoms with E-state index in [4.69, 9.17) is 21.7 Å². The van der Waals surface area contributed by atoms with Crippen LogP contribution in [0.4, 0.5) is 5.69 Å². The van der Waals surface area contributed by atoms with E-state index in [9.17, 15) is 9.59 Å². The van der Waals surface area contributed by atoms with Crippen molar-refractivity contribution in [2.24, 2.45) is 0 Å². The van der Waals surface area contributed by atoms with Crippen LogP contribution in [0.2, 0.25) is 0 Å². The van der Waals surface area contributed by atoms with Crippen LogP contribution in [-0.4, -0.2) is 54.7 Å².